The molecule has 10 nitrogen and oxygen atoms in total. The summed E-state index contributed by atoms with van der Waals surface area (Å²) in [6.45, 7) is 3.22. The molecular weight excluding hydrogens is 508 g/mol. The SMILES string of the molecule is CCOC(=O)c1cnn(-c2nc(OCc3ccccc3)c3ncn(Cc4cccc(OCCCl)c4)c3n2)c1. The average Bonchev–Trinajstić information content (AvgIpc) is 3.60. The normalized spacial score (nSPS) is 11.0. The largest absolute Gasteiger partial charge is 0.492 e. The van der Waals surface area contributed by atoms with Gasteiger partial charge in [0.05, 0.1) is 37.1 Å². The number of fused-ring (bicyclic) bond motifs is 1. The fourth-order valence-electron chi connectivity index (χ4n) is 3.79. The predicted octanol–water partition coefficient (Wildman–Crippen LogP) is 4.43. The molecule has 0 unspecified atom stereocenters. The van der Waals surface area contributed by atoms with Crippen LogP contribution >= 0.6 is 11.6 Å². The van der Waals surface area contributed by atoms with E-state index in [1.165, 1.54) is 17.1 Å². The smallest absolute Gasteiger partial charge is 0.341 e. The summed E-state index contributed by atoms with van der Waals surface area (Å²) >= 11 is 5.75. The predicted molar refractivity (Wildman–Crippen MR) is 141 cm³/mol. The Morgan fingerprint density at radius 1 is 1.03 bits per heavy atom. The van der Waals surface area contributed by atoms with Crippen LogP contribution in [-0.4, -0.2) is 54.4 Å². The summed E-state index contributed by atoms with van der Waals surface area (Å²) in [6, 6.07) is 17.5. The first-order valence-corrected chi connectivity index (χ1v) is 12.6. The van der Waals surface area contributed by atoms with Gasteiger partial charge in [-0.05, 0) is 30.2 Å². The Hall–Kier alpha value is -4.44. The van der Waals surface area contributed by atoms with Crippen LogP contribution in [0.15, 0.2) is 73.3 Å². The van der Waals surface area contributed by atoms with Gasteiger partial charge in [0.25, 0.3) is 5.95 Å². The number of ether oxygens (including phenoxy) is 3. The molecule has 0 amide bonds. The van der Waals surface area contributed by atoms with Crippen molar-refractivity contribution >= 4 is 28.7 Å². The lowest BCUT2D eigenvalue weighted by Crippen LogP contribution is -2.08. The summed E-state index contributed by atoms with van der Waals surface area (Å²) in [5.41, 5.74) is 3.34. The summed E-state index contributed by atoms with van der Waals surface area (Å²) in [6.07, 6.45) is 4.64. The summed E-state index contributed by atoms with van der Waals surface area (Å²) in [7, 11) is 0. The number of imidazole rings is 1. The van der Waals surface area contributed by atoms with Crippen LogP contribution < -0.4 is 9.47 Å². The molecule has 0 atom stereocenters. The summed E-state index contributed by atoms with van der Waals surface area (Å²) < 4.78 is 20.1. The van der Waals surface area contributed by atoms with Gasteiger partial charge in [0.1, 0.15) is 19.0 Å². The molecule has 0 aliphatic heterocycles. The zero-order chi connectivity index (χ0) is 26.3. The number of alkyl halides is 1. The van der Waals surface area contributed by atoms with Crippen molar-refractivity contribution in [1.29, 1.82) is 0 Å². The first kappa shape index (κ1) is 25.2. The Morgan fingerprint density at radius 3 is 2.68 bits per heavy atom. The first-order chi connectivity index (χ1) is 18.6. The van der Waals surface area contributed by atoms with Gasteiger partial charge in [0.2, 0.25) is 5.88 Å². The molecule has 3 aromatic heterocycles. The molecule has 5 rings (SSSR count). The third kappa shape index (κ3) is 5.76. The molecule has 0 aliphatic carbocycles. The molecule has 0 spiro atoms. The number of benzene rings is 2. The van der Waals surface area contributed by atoms with E-state index in [1.807, 2.05) is 59.2 Å². The van der Waals surface area contributed by atoms with Crippen LogP contribution in [0.25, 0.3) is 17.1 Å². The van der Waals surface area contributed by atoms with Gasteiger partial charge in [-0.15, -0.1) is 11.6 Å². The molecule has 3 heterocycles. The van der Waals surface area contributed by atoms with Gasteiger partial charge in [-0.1, -0.05) is 42.5 Å². The number of nitrogens with zero attached hydrogens (tertiary/aromatic N) is 6. The van der Waals surface area contributed by atoms with Gasteiger partial charge < -0.3 is 18.8 Å². The molecule has 2 aromatic carbocycles. The summed E-state index contributed by atoms with van der Waals surface area (Å²) in [5.74, 6) is 1.21. The van der Waals surface area contributed by atoms with Crippen LogP contribution in [0.5, 0.6) is 11.6 Å². The number of esters is 1. The molecule has 0 bridgehead atoms. The standard InChI is InChI=1S/C27H25ClN6O4/c1-2-36-26(35)21-14-30-34(16-21)27-31-24-23(25(32-27)38-17-19-7-4-3-5-8-19)29-18-33(24)15-20-9-6-10-22(13-20)37-12-11-28/h3-10,13-14,16,18H,2,11-12,15,17H2,1H3. The van der Waals surface area contributed by atoms with Crippen molar-refractivity contribution in [1.82, 2.24) is 29.3 Å². The van der Waals surface area contributed by atoms with Gasteiger partial charge in [-0.25, -0.2) is 14.5 Å². The average molecular weight is 533 g/mol. The Kier molecular flexibility index (Phi) is 7.79. The van der Waals surface area contributed by atoms with E-state index >= 15 is 0 Å². The molecule has 38 heavy (non-hydrogen) atoms. The molecular formula is C27H25ClN6O4. The Morgan fingerprint density at radius 2 is 1.87 bits per heavy atom. The van der Waals surface area contributed by atoms with Crippen LogP contribution in [-0.2, 0) is 17.9 Å². The van der Waals surface area contributed by atoms with Gasteiger partial charge in [0, 0.05) is 6.20 Å². The molecule has 5 aromatic rings. The number of aromatic nitrogens is 6. The van der Waals surface area contributed by atoms with Crippen molar-refractivity contribution in [2.45, 2.75) is 20.1 Å². The molecule has 0 radical (unpaired) electrons. The maximum Gasteiger partial charge on any atom is 0.341 e. The minimum Gasteiger partial charge on any atom is -0.492 e. The van der Waals surface area contributed by atoms with Gasteiger partial charge >= 0.3 is 5.97 Å². The summed E-state index contributed by atoms with van der Waals surface area (Å²) in [4.78, 5) is 26.0. The van der Waals surface area contributed by atoms with Crippen molar-refractivity contribution in [3.8, 4) is 17.6 Å². The number of hydrogen-bond acceptors (Lipinski definition) is 8. The highest BCUT2D eigenvalue weighted by Crippen LogP contribution is 2.25. The fourth-order valence-corrected chi connectivity index (χ4v) is 3.87. The minimum absolute atomic E-state index is 0.233. The number of carbonyl (C=O) groups is 1. The number of carbonyl (C=O) groups excluding carboxylic acids is 1. The van der Waals surface area contributed by atoms with E-state index in [0.29, 0.717) is 48.2 Å². The van der Waals surface area contributed by atoms with E-state index in [2.05, 4.69) is 15.1 Å². The lowest BCUT2D eigenvalue weighted by molar-refractivity contribution is 0.0526. The number of rotatable bonds is 11. The molecule has 0 aliphatic rings. The molecule has 0 fully saturated rings. The van der Waals surface area contributed by atoms with E-state index in [9.17, 15) is 4.79 Å². The quantitative estimate of drug-likeness (QED) is 0.182. The highest BCUT2D eigenvalue weighted by Gasteiger charge is 2.18. The molecule has 11 heteroatoms. The Labute approximate surface area is 223 Å². The van der Waals surface area contributed by atoms with Crippen molar-refractivity contribution in [2.24, 2.45) is 0 Å². The highest BCUT2D eigenvalue weighted by molar-refractivity contribution is 6.18. The second-order valence-corrected chi connectivity index (χ2v) is 8.60. The van der Waals surface area contributed by atoms with Crippen molar-refractivity contribution in [3.05, 3.63) is 90.0 Å². The lowest BCUT2D eigenvalue weighted by atomic mass is 10.2. The molecule has 0 saturated heterocycles. The number of halogens is 1. The third-order valence-corrected chi connectivity index (χ3v) is 5.69. The van der Waals surface area contributed by atoms with Crippen LogP contribution in [0.1, 0.15) is 28.4 Å². The maximum atomic E-state index is 12.2. The topological polar surface area (TPSA) is 106 Å². The second kappa shape index (κ2) is 11.7. The summed E-state index contributed by atoms with van der Waals surface area (Å²) in [5, 5.41) is 4.27. The number of hydrogen-bond donors (Lipinski definition) is 0. The van der Waals surface area contributed by atoms with E-state index in [1.54, 1.807) is 13.3 Å². The molecule has 0 saturated carbocycles. The zero-order valence-electron chi connectivity index (χ0n) is 20.7. The third-order valence-electron chi connectivity index (χ3n) is 5.53. The van der Waals surface area contributed by atoms with E-state index in [-0.39, 0.29) is 12.6 Å². The zero-order valence-corrected chi connectivity index (χ0v) is 21.4. The molecule has 194 valence electrons. The highest BCUT2D eigenvalue weighted by atomic mass is 35.5. The lowest BCUT2D eigenvalue weighted by Gasteiger charge is -2.10. The van der Waals surface area contributed by atoms with Gasteiger partial charge in [-0.2, -0.15) is 15.1 Å². The van der Waals surface area contributed by atoms with Crippen LogP contribution in [0.3, 0.4) is 0 Å². The Balaban J connectivity index is 1.51. The van der Waals surface area contributed by atoms with Gasteiger partial charge in [-0.3, -0.25) is 0 Å². The molecule has 0 N–H and O–H groups in total. The van der Waals surface area contributed by atoms with Crippen molar-refractivity contribution in [3.63, 3.8) is 0 Å². The first-order valence-electron chi connectivity index (χ1n) is 12.0. The van der Waals surface area contributed by atoms with E-state index in [4.69, 9.17) is 30.8 Å². The van der Waals surface area contributed by atoms with Crippen molar-refractivity contribution < 1.29 is 19.0 Å². The van der Waals surface area contributed by atoms with E-state index < -0.39 is 5.97 Å². The van der Waals surface area contributed by atoms with Crippen LogP contribution in [0, 0.1) is 0 Å². The maximum absolute atomic E-state index is 12.2. The minimum atomic E-state index is -0.471. The van der Waals surface area contributed by atoms with Crippen LogP contribution in [0.4, 0.5) is 0 Å². The van der Waals surface area contributed by atoms with E-state index in [0.717, 1.165) is 16.9 Å². The Bertz CT molecular complexity index is 1540. The van der Waals surface area contributed by atoms with Crippen LogP contribution in [0.2, 0.25) is 0 Å². The van der Waals surface area contributed by atoms with Crippen molar-refractivity contribution in [2.75, 3.05) is 19.1 Å². The second-order valence-electron chi connectivity index (χ2n) is 8.23. The monoisotopic (exact) mass is 532 g/mol. The fraction of sp³-hybridized carbons (Fsp3) is 0.222. The van der Waals surface area contributed by atoms with Gasteiger partial charge in [0.15, 0.2) is 11.2 Å².